The zero-order chi connectivity index (χ0) is 23.4. The van der Waals surface area contributed by atoms with Crippen molar-refractivity contribution < 1.29 is 14.7 Å². The Bertz CT molecular complexity index is 1210. The van der Waals surface area contributed by atoms with Crippen molar-refractivity contribution in [2.24, 2.45) is 0 Å². The Kier molecular flexibility index (Phi) is 6.86. The average Bonchev–Trinajstić information content (AvgIpc) is 2.79. The maximum Gasteiger partial charge on any atom is 0.332 e. The zero-order valence-electron chi connectivity index (χ0n) is 17.9. The van der Waals surface area contributed by atoms with Crippen LogP contribution in [-0.4, -0.2) is 69.5 Å². The van der Waals surface area contributed by atoms with Crippen LogP contribution < -0.4 is 5.73 Å². The molecular formula is C24H24ClN5O3. The van der Waals surface area contributed by atoms with Crippen LogP contribution >= 0.6 is 11.6 Å². The number of piperazine rings is 1. The molecule has 0 radical (unpaired) electrons. The van der Waals surface area contributed by atoms with Gasteiger partial charge in [0.15, 0.2) is 0 Å². The Morgan fingerprint density at radius 3 is 2.67 bits per heavy atom. The first kappa shape index (κ1) is 22.7. The molecule has 0 atom stereocenters. The molecule has 2 aromatic carbocycles. The van der Waals surface area contributed by atoms with Crippen molar-refractivity contribution in [3.63, 3.8) is 0 Å². The molecule has 1 fully saturated rings. The van der Waals surface area contributed by atoms with Gasteiger partial charge in [0, 0.05) is 36.6 Å². The molecule has 0 spiro atoms. The molecule has 9 heteroatoms. The van der Waals surface area contributed by atoms with Crippen molar-refractivity contribution in [2.75, 3.05) is 38.5 Å². The molecular weight excluding hydrogens is 442 g/mol. The number of halogens is 1. The Morgan fingerprint density at radius 2 is 1.94 bits per heavy atom. The topological polar surface area (TPSA) is 113 Å². The Labute approximate surface area is 196 Å². The van der Waals surface area contributed by atoms with Crippen LogP contribution in [0.2, 0.25) is 5.02 Å². The summed E-state index contributed by atoms with van der Waals surface area (Å²) < 4.78 is 0. The largest absolute Gasteiger partial charge is 0.478 e. The Balaban J connectivity index is 1.34. The number of aromatic nitrogens is 2. The fourth-order valence-electron chi connectivity index (χ4n) is 3.85. The van der Waals surface area contributed by atoms with Crippen LogP contribution in [0.5, 0.6) is 0 Å². The second-order valence-corrected chi connectivity index (χ2v) is 8.41. The van der Waals surface area contributed by atoms with Gasteiger partial charge in [0.25, 0.3) is 0 Å². The number of benzene rings is 2. The molecule has 0 saturated carbocycles. The van der Waals surface area contributed by atoms with E-state index in [9.17, 15) is 14.7 Å². The van der Waals surface area contributed by atoms with E-state index in [0.717, 1.165) is 22.0 Å². The fourth-order valence-corrected chi connectivity index (χ4v) is 3.97. The first-order chi connectivity index (χ1) is 15.9. The number of hydrogen-bond donors (Lipinski definition) is 2. The van der Waals surface area contributed by atoms with Gasteiger partial charge in [-0.05, 0) is 47.9 Å². The van der Waals surface area contributed by atoms with E-state index in [1.807, 2.05) is 28.0 Å². The minimum absolute atomic E-state index is 0.00941. The van der Waals surface area contributed by atoms with Gasteiger partial charge in [-0.3, -0.25) is 9.69 Å². The lowest BCUT2D eigenvalue weighted by Crippen LogP contribution is -2.51. The molecule has 1 amide bonds. The Morgan fingerprint density at radius 1 is 1.15 bits per heavy atom. The van der Waals surface area contributed by atoms with Gasteiger partial charge in [0.2, 0.25) is 5.91 Å². The Hall–Kier alpha value is -3.49. The molecule has 1 aliphatic rings. The lowest BCUT2D eigenvalue weighted by molar-refractivity contribution is -0.137. The lowest BCUT2D eigenvalue weighted by atomic mass is 10.1. The highest BCUT2D eigenvalue weighted by Gasteiger charge is 2.25. The van der Waals surface area contributed by atoms with Crippen LogP contribution in [0, 0.1) is 0 Å². The first-order valence-corrected chi connectivity index (χ1v) is 11.0. The number of nitrogen functional groups attached to an aromatic ring is 1. The third kappa shape index (κ3) is 5.66. The summed E-state index contributed by atoms with van der Waals surface area (Å²) in [6, 6.07) is 12.8. The van der Waals surface area contributed by atoms with Crippen LogP contribution in [0.3, 0.4) is 0 Å². The van der Waals surface area contributed by atoms with Crippen molar-refractivity contribution in [1.82, 2.24) is 19.8 Å². The highest BCUT2D eigenvalue weighted by molar-refractivity contribution is 6.30. The third-order valence-corrected chi connectivity index (χ3v) is 5.93. The summed E-state index contributed by atoms with van der Waals surface area (Å²) in [4.78, 5) is 36.4. The predicted molar refractivity (Wildman–Crippen MR) is 128 cm³/mol. The van der Waals surface area contributed by atoms with Gasteiger partial charge in [-0.1, -0.05) is 29.8 Å². The summed E-state index contributed by atoms with van der Waals surface area (Å²) in [6.45, 7) is 2.13. The summed E-state index contributed by atoms with van der Waals surface area (Å²) in [7, 11) is 0. The molecule has 3 aromatic rings. The van der Waals surface area contributed by atoms with Crippen LogP contribution in [0.15, 0.2) is 54.4 Å². The number of nitrogens with two attached hydrogens (primary N) is 1. The molecule has 33 heavy (non-hydrogen) atoms. The van der Waals surface area contributed by atoms with Crippen molar-refractivity contribution in [2.45, 2.75) is 6.42 Å². The van der Waals surface area contributed by atoms with E-state index in [2.05, 4.69) is 9.97 Å². The van der Waals surface area contributed by atoms with Crippen molar-refractivity contribution in [1.29, 1.82) is 0 Å². The van der Waals surface area contributed by atoms with Crippen molar-refractivity contribution in [3.05, 3.63) is 70.5 Å². The molecule has 3 N–H and O–H groups in total. The monoisotopic (exact) mass is 465 g/mol. The predicted octanol–water partition coefficient (Wildman–Crippen LogP) is 2.72. The molecule has 0 bridgehead atoms. The molecule has 8 nitrogen and oxygen atoms in total. The number of hydrogen-bond acceptors (Lipinski definition) is 6. The second-order valence-electron chi connectivity index (χ2n) is 7.98. The summed E-state index contributed by atoms with van der Waals surface area (Å²) in [6.07, 6.45) is 3.75. The number of amides is 1. The number of aliphatic carboxylic acids is 1. The minimum atomic E-state index is -0.999. The van der Waals surface area contributed by atoms with Crippen molar-refractivity contribution in [3.8, 4) is 0 Å². The average molecular weight is 466 g/mol. The number of carboxylic acids is 1. The zero-order valence-corrected chi connectivity index (χ0v) is 18.7. The van der Waals surface area contributed by atoms with E-state index in [0.29, 0.717) is 36.9 Å². The van der Waals surface area contributed by atoms with Crippen molar-refractivity contribution >= 4 is 46.3 Å². The normalized spacial score (nSPS) is 15.2. The minimum Gasteiger partial charge on any atom is -0.478 e. The lowest BCUT2D eigenvalue weighted by Gasteiger charge is -2.34. The van der Waals surface area contributed by atoms with Gasteiger partial charge >= 0.3 is 5.97 Å². The number of carbonyl (C=O) groups excluding carboxylic acids is 1. The van der Waals surface area contributed by atoms with E-state index < -0.39 is 5.97 Å². The maximum absolute atomic E-state index is 12.7. The molecule has 1 aromatic heterocycles. The van der Waals surface area contributed by atoms with Gasteiger partial charge in [0.05, 0.1) is 17.6 Å². The van der Waals surface area contributed by atoms with E-state index in [-0.39, 0.29) is 24.6 Å². The molecule has 170 valence electrons. The smallest absolute Gasteiger partial charge is 0.332 e. The fraction of sp³-hybridized carbons (Fsp3) is 0.250. The SMILES string of the molecule is Nc1ncnc2cc(CCN3CCN(CC(=Cc4ccc(Cl)cc4)C(=O)O)CC3=O)ccc12. The highest BCUT2D eigenvalue weighted by atomic mass is 35.5. The summed E-state index contributed by atoms with van der Waals surface area (Å²) in [5.41, 5.74) is 8.71. The number of rotatable bonds is 7. The first-order valence-electron chi connectivity index (χ1n) is 10.6. The molecule has 0 aliphatic carbocycles. The van der Waals surface area contributed by atoms with Crippen LogP contribution in [-0.2, 0) is 16.0 Å². The van der Waals surface area contributed by atoms with E-state index in [1.54, 1.807) is 30.3 Å². The maximum atomic E-state index is 12.7. The third-order valence-electron chi connectivity index (χ3n) is 5.68. The van der Waals surface area contributed by atoms with Gasteiger partial charge < -0.3 is 15.7 Å². The van der Waals surface area contributed by atoms with Gasteiger partial charge in [-0.25, -0.2) is 14.8 Å². The van der Waals surface area contributed by atoms with Gasteiger partial charge in [-0.2, -0.15) is 0 Å². The van der Waals surface area contributed by atoms with E-state index in [1.165, 1.54) is 6.33 Å². The molecule has 4 rings (SSSR count). The summed E-state index contributed by atoms with van der Waals surface area (Å²) >= 11 is 5.89. The standard InChI is InChI=1S/C24H24ClN5O3/c25-19-4-1-16(2-5-19)11-18(24(32)33)13-29-9-10-30(22(31)14-29)8-7-17-3-6-20-21(12-17)27-15-28-23(20)26/h1-6,11-12,15H,7-10,13-14H2,(H,32,33)(H2,26,27,28). The number of carbonyl (C=O) groups is 2. The molecule has 1 aliphatic heterocycles. The molecule has 1 saturated heterocycles. The summed E-state index contributed by atoms with van der Waals surface area (Å²) in [5, 5.41) is 11.0. The van der Waals surface area contributed by atoms with E-state index >= 15 is 0 Å². The number of fused-ring (bicyclic) bond motifs is 1. The summed E-state index contributed by atoms with van der Waals surface area (Å²) in [5.74, 6) is -0.561. The molecule has 0 unspecified atom stereocenters. The van der Waals surface area contributed by atoms with Crippen LogP contribution in [0.25, 0.3) is 17.0 Å². The second kappa shape index (κ2) is 9.97. The van der Waals surface area contributed by atoms with Gasteiger partial charge in [0.1, 0.15) is 12.1 Å². The van der Waals surface area contributed by atoms with Crippen LogP contribution in [0.4, 0.5) is 5.82 Å². The number of carboxylic acid groups (broad SMARTS) is 1. The number of nitrogens with zero attached hydrogens (tertiary/aromatic N) is 4. The van der Waals surface area contributed by atoms with E-state index in [4.69, 9.17) is 17.3 Å². The quantitative estimate of drug-likeness (QED) is 0.516. The molecule has 2 heterocycles. The number of anilines is 1. The van der Waals surface area contributed by atoms with Crippen LogP contribution in [0.1, 0.15) is 11.1 Å². The highest BCUT2D eigenvalue weighted by Crippen LogP contribution is 2.19. The van der Waals surface area contributed by atoms with Gasteiger partial charge in [-0.15, -0.1) is 0 Å².